The van der Waals surface area contributed by atoms with Crippen LogP contribution in [0.3, 0.4) is 0 Å². The highest BCUT2D eigenvalue weighted by Crippen LogP contribution is 2.23. The van der Waals surface area contributed by atoms with Crippen LogP contribution >= 0.6 is 11.6 Å². The molecular formula is C16H20ClN3O2. The van der Waals surface area contributed by atoms with E-state index in [9.17, 15) is 4.79 Å². The third kappa shape index (κ3) is 3.48. The molecule has 1 heterocycles. The molecule has 0 bridgehead atoms. The summed E-state index contributed by atoms with van der Waals surface area (Å²) in [4.78, 5) is 12.3. The molecule has 22 heavy (non-hydrogen) atoms. The highest BCUT2D eigenvalue weighted by Gasteiger charge is 2.30. The molecule has 0 aliphatic heterocycles. The van der Waals surface area contributed by atoms with Crippen molar-refractivity contribution in [1.82, 2.24) is 10.5 Å². The minimum absolute atomic E-state index is 0.198. The lowest BCUT2D eigenvalue weighted by Crippen LogP contribution is -2.55. The zero-order chi connectivity index (χ0) is 16.3. The Morgan fingerprint density at radius 1 is 1.41 bits per heavy atom. The summed E-state index contributed by atoms with van der Waals surface area (Å²) in [5.74, 6) is 0.413. The predicted octanol–water partition coefficient (Wildman–Crippen LogP) is 3.10. The molecule has 0 saturated heterocycles. The summed E-state index contributed by atoms with van der Waals surface area (Å²) < 4.78 is 5.24. The molecule has 1 unspecified atom stereocenters. The molecule has 2 rings (SSSR count). The van der Waals surface area contributed by atoms with E-state index in [2.05, 4.69) is 10.5 Å². The first-order valence-electron chi connectivity index (χ1n) is 7.11. The first kappa shape index (κ1) is 16.5. The fraction of sp³-hybridized carbons (Fsp3) is 0.375. The molecule has 1 atom stereocenters. The summed E-state index contributed by atoms with van der Waals surface area (Å²) in [6.07, 6.45) is 0. The highest BCUT2D eigenvalue weighted by atomic mass is 35.5. The van der Waals surface area contributed by atoms with Crippen molar-refractivity contribution in [3.63, 3.8) is 0 Å². The number of rotatable bonds is 5. The maximum Gasteiger partial charge on any atom is 0.273 e. The van der Waals surface area contributed by atoms with Crippen molar-refractivity contribution in [2.24, 2.45) is 11.7 Å². The molecule has 0 fully saturated rings. The van der Waals surface area contributed by atoms with Crippen LogP contribution in [-0.4, -0.2) is 23.1 Å². The van der Waals surface area contributed by atoms with E-state index in [-0.39, 0.29) is 17.5 Å². The number of carbonyl (C=O) groups is 1. The zero-order valence-electron chi connectivity index (χ0n) is 12.9. The van der Waals surface area contributed by atoms with E-state index in [1.54, 1.807) is 18.2 Å². The van der Waals surface area contributed by atoms with Gasteiger partial charge in [0.2, 0.25) is 0 Å². The number of nitrogens with one attached hydrogen (secondary N) is 1. The van der Waals surface area contributed by atoms with Gasteiger partial charge in [-0.1, -0.05) is 30.6 Å². The van der Waals surface area contributed by atoms with Gasteiger partial charge in [0.25, 0.3) is 5.91 Å². The average Bonchev–Trinajstić information content (AvgIpc) is 2.97. The van der Waals surface area contributed by atoms with Crippen LogP contribution in [0.15, 0.2) is 34.9 Å². The number of halogens is 1. The van der Waals surface area contributed by atoms with Crippen LogP contribution in [0.5, 0.6) is 0 Å². The fourth-order valence-corrected chi connectivity index (χ4v) is 2.01. The first-order valence-corrected chi connectivity index (χ1v) is 7.49. The van der Waals surface area contributed by atoms with Crippen molar-refractivity contribution in [3.05, 3.63) is 41.0 Å². The van der Waals surface area contributed by atoms with Crippen LogP contribution in [0.25, 0.3) is 11.3 Å². The molecule has 5 nitrogen and oxygen atoms in total. The number of carbonyl (C=O) groups excluding carboxylic acids is 1. The number of aromatic nitrogens is 1. The molecule has 0 saturated carbocycles. The summed E-state index contributed by atoms with van der Waals surface area (Å²) >= 11 is 5.85. The highest BCUT2D eigenvalue weighted by molar-refractivity contribution is 6.30. The quantitative estimate of drug-likeness (QED) is 0.886. The van der Waals surface area contributed by atoms with Gasteiger partial charge in [-0.15, -0.1) is 0 Å². The molecule has 0 aliphatic carbocycles. The van der Waals surface area contributed by atoms with Crippen molar-refractivity contribution in [2.45, 2.75) is 26.3 Å². The number of amides is 1. The van der Waals surface area contributed by atoms with Gasteiger partial charge in [-0.05, 0) is 37.1 Å². The van der Waals surface area contributed by atoms with Crippen LogP contribution < -0.4 is 11.1 Å². The Labute approximate surface area is 134 Å². The monoisotopic (exact) mass is 321 g/mol. The molecule has 1 aromatic carbocycles. The van der Waals surface area contributed by atoms with Gasteiger partial charge in [0, 0.05) is 23.2 Å². The van der Waals surface area contributed by atoms with E-state index in [0.717, 1.165) is 5.56 Å². The smallest absolute Gasteiger partial charge is 0.273 e. The van der Waals surface area contributed by atoms with Crippen molar-refractivity contribution in [1.29, 1.82) is 0 Å². The molecule has 1 amide bonds. The summed E-state index contributed by atoms with van der Waals surface area (Å²) in [6.45, 7) is 6.28. The second kappa shape index (κ2) is 6.50. The molecule has 2 aromatic rings. The lowest BCUT2D eigenvalue weighted by atomic mass is 9.88. The maximum atomic E-state index is 12.3. The van der Waals surface area contributed by atoms with Gasteiger partial charge in [0.1, 0.15) is 0 Å². The Hall–Kier alpha value is -1.85. The SMILES string of the molecule is CC(C)C(C)(CN)NC(=O)c1cc(-c2ccc(Cl)cc2)on1. The van der Waals surface area contributed by atoms with E-state index >= 15 is 0 Å². The average molecular weight is 322 g/mol. The van der Waals surface area contributed by atoms with Crippen LogP contribution in [0, 0.1) is 5.92 Å². The normalized spacial score (nSPS) is 13.9. The number of nitrogens with two attached hydrogens (primary N) is 1. The Kier molecular flexibility index (Phi) is 4.88. The van der Waals surface area contributed by atoms with Crippen molar-refractivity contribution >= 4 is 17.5 Å². The van der Waals surface area contributed by atoms with E-state index in [0.29, 0.717) is 17.3 Å². The molecule has 3 N–H and O–H groups in total. The zero-order valence-corrected chi connectivity index (χ0v) is 13.6. The van der Waals surface area contributed by atoms with E-state index < -0.39 is 5.54 Å². The molecule has 0 aliphatic rings. The minimum atomic E-state index is -0.490. The lowest BCUT2D eigenvalue weighted by Gasteiger charge is -2.33. The standard InChI is InChI=1S/C16H20ClN3O2/c1-10(2)16(3,9-18)19-15(21)13-8-14(22-20-13)11-4-6-12(17)7-5-11/h4-8,10H,9,18H2,1-3H3,(H,19,21). The van der Waals surface area contributed by atoms with Gasteiger partial charge >= 0.3 is 0 Å². The van der Waals surface area contributed by atoms with Gasteiger partial charge in [-0.3, -0.25) is 4.79 Å². The Bertz CT molecular complexity index is 652. The van der Waals surface area contributed by atoms with E-state index in [1.807, 2.05) is 32.9 Å². The number of benzene rings is 1. The molecule has 0 spiro atoms. The van der Waals surface area contributed by atoms with Gasteiger partial charge < -0.3 is 15.6 Å². The molecular weight excluding hydrogens is 302 g/mol. The van der Waals surface area contributed by atoms with Crippen molar-refractivity contribution < 1.29 is 9.32 Å². The van der Waals surface area contributed by atoms with Crippen LogP contribution in [0.1, 0.15) is 31.3 Å². The van der Waals surface area contributed by atoms with Gasteiger partial charge in [0.15, 0.2) is 11.5 Å². The lowest BCUT2D eigenvalue weighted by molar-refractivity contribution is 0.0874. The number of hydrogen-bond donors (Lipinski definition) is 2. The number of hydrogen-bond acceptors (Lipinski definition) is 4. The van der Waals surface area contributed by atoms with E-state index in [4.69, 9.17) is 21.9 Å². The summed E-state index contributed by atoms with van der Waals surface area (Å²) in [5, 5.41) is 7.39. The van der Waals surface area contributed by atoms with Crippen LogP contribution in [0.2, 0.25) is 5.02 Å². The fourth-order valence-electron chi connectivity index (χ4n) is 1.89. The Balaban J connectivity index is 2.17. The minimum Gasteiger partial charge on any atom is -0.355 e. The number of nitrogens with zero attached hydrogens (tertiary/aromatic N) is 1. The van der Waals surface area contributed by atoms with Crippen molar-refractivity contribution in [3.8, 4) is 11.3 Å². The van der Waals surface area contributed by atoms with Crippen LogP contribution in [0.4, 0.5) is 0 Å². The van der Waals surface area contributed by atoms with Crippen LogP contribution in [-0.2, 0) is 0 Å². The summed E-state index contributed by atoms with van der Waals surface area (Å²) in [7, 11) is 0. The molecule has 118 valence electrons. The maximum absolute atomic E-state index is 12.3. The first-order chi connectivity index (χ1) is 10.4. The van der Waals surface area contributed by atoms with Gasteiger partial charge in [0.05, 0.1) is 5.54 Å². The van der Waals surface area contributed by atoms with Gasteiger partial charge in [-0.2, -0.15) is 0 Å². The third-order valence-electron chi connectivity index (χ3n) is 3.97. The molecule has 1 aromatic heterocycles. The topological polar surface area (TPSA) is 81.1 Å². The summed E-state index contributed by atoms with van der Waals surface area (Å²) in [6, 6.07) is 8.73. The Morgan fingerprint density at radius 3 is 2.59 bits per heavy atom. The van der Waals surface area contributed by atoms with E-state index in [1.165, 1.54) is 0 Å². The molecule has 6 heteroatoms. The largest absolute Gasteiger partial charge is 0.355 e. The summed E-state index contributed by atoms with van der Waals surface area (Å²) in [5.41, 5.74) is 6.32. The second-order valence-electron chi connectivity index (χ2n) is 5.81. The third-order valence-corrected chi connectivity index (χ3v) is 4.22. The predicted molar refractivity (Wildman–Crippen MR) is 86.7 cm³/mol. The second-order valence-corrected chi connectivity index (χ2v) is 6.25. The Morgan fingerprint density at radius 2 is 2.05 bits per heavy atom. The molecule has 0 radical (unpaired) electrons. The van der Waals surface area contributed by atoms with Gasteiger partial charge in [-0.25, -0.2) is 0 Å². The van der Waals surface area contributed by atoms with Crippen molar-refractivity contribution in [2.75, 3.05) is 6.54 Å².